The second-order valence-electron chi connectivity index (χ2n) is 3.00. The molecule has 0 unspecified atom stereocenters. The maximum absolute atomic E-state index is 4.28. The fourth-order valence-corrected chi connectivity index (χ4v) is 4.34. The van der Waals surface area contributed by atoms with E-state index in [4.69, 9.17) is 0 Å². The zero-order valence-electron chi connectivity index (χ0n) is 7.51. The molecule has 0 saturated heterocycles. The highest BCUT2D eigenvalue weighted by molar-refractivity contribution is 9.11. The number of rotatable bonds is 2. The lowest BCUT2D eigenvalue weighted by atomic mass is 10.1. The molecule has 0 N–H and O–H groups in total. The molecular formula is C10H6Br3NS. The molecule has 0 saturated carbocycles. The molecule has 5 heteroatoms. The Hall–Kier alpha value is 0.290. The van der Waals surface area contributed by atoms with Crippen LogP contribution in [0.4, 0.5) is 0 Å². The first kappa shape index (κ1) is 11.8. The molecule has 2 aromatic rings. The first-order valence-electron chi connectivity index (χ1n) is 4.17. The van der Waals surface area contributed by atoms with E-state index >= 15 is 0 Å². The van der Waals surface area contributed by atoms with E-state index in [0.717, 1.165) is 25.5 Å². The van der Waals surface area contributed by atoms with Crippen molar-refractivity contribution in [1.29, 1.82) is 0 Å². The van der Waals surface area contributed by atoms with Crippen LogP contribution in [-0.2, 0) is 6.42 Å². The molecule has 1 nitrogen and oxygen atoms in total. The highest BCUT2D eigenvalue weighted by Gasteiger charge is 2.08. The molecule has 0 amide bonds. The average molecular weight is 412 g/mol. The van der Waals surface area contributed by atoms with Crippen LogP contribution in [0.5, 0.6) is 0 Å². The van der Waals surface area contributed by atoms with Crippen LogP contribution in [-0.4, -0.2) is 4.98 Å². The summed E-state index contributed by atoms with van der Waals surface area (Å²) in [5, 5.41) is 2.07. The molecule has 1 aromatic carbocycles. The summed E-state index contributed by atoms with van der Waals surface area (Å²) in [7, 11) is 0. The van der Waals surface area contributed by atoms with Crippen LogP contribution in [0.15, 0.2) is 36.4 Å². The first-order valence-corrected chi connectivity index (χ1v) is 7.49. The molecule has 0 aliphatic heterocycles. The molecule has 15 heavy (non-hydrogen) atoms. The maximum atomic E-state index is 4.28. The molecule has 2 rings (SSSR count). The normalized spacial score (nSPS) is 10.6. The molecule has 0 radical (unpaired) electrons. The van der Waals surface area contributed by atoms with E-state index in [9.17, 15) is 0 Å². The Morgan fingerprint density at radius 1 is 1.13 bits per heavy atom. The third kappa shape index (κ3) is 2.90. The van der Waals surface area contributed by atoms with Crippen molar-refractivity contribution >= 4 is 59.1 Å². The lowest BCUT2D eigenvalue weighted by Gasteiger charge is -2.06. The largest absolute Gasteiger partial charge is 0.249 e. The van der Waals surface area contributed by atoms with Crippen molar-refractivity contribution < 1.29 is 0 Å². The molecule has 78 valence electrons. The highest BCUT2D eigenvalue weighted by atomic mass is 79.9. The van der Waals surface area contributed by atoms with Gasteiger partial charge >= 0.3 is 0 Å². The predicted octanol–water partition coefficient (Wildman–Crippen LogP) is 5.02. The molecule has 1 aromatic heterocycles. The van der Waals surface area contributed by atoms with Gasteiger partial charge in [0.25, 0.3) is 0 Å². The van der Waals surface area contributed by atoms with Gasteiger partial charge in [0, 0.05) is 25.2 Å². The van der Waals surface area contributed by atoms with E-state index in [1.54, 1.807) is 11.3 Å². The van der Waals surface area contributed by atoms with Gasteiger partial charge in [0.2, 0.25) is 0 Å². The minimum atomic E-state index is 0.845. The third-order valence-electron chi connectivity index (χ3n) is 1.95. The molecule has 0 aliphatic rings. The summed E-state index contributed by atoms with van der Waals surface area (Å²) in [5.41, 5.74) is 4.18. The van der Waals surface area contributed by atoms with Crippen LogP contribution < -0.4 is 0 Å². The molecule has 0 atom stereocenters. The van der Waals surface area contributed by atoms with E-state index in [1.165, 1.54) is 5.56 Å². The number of benzene rings is 1. The second-order valence-corrected chi connectivity index (χ2v) is 6.35. The maximum Gasteiger partial charge on any atom is 0.0794 e. The summed E-state index contributed by atoms with van der Waals surface area (Å²) >= 11 is 12.2. The van der Waals surface area contributed by atoms with Crippen LogP contribution in [0.25, 0.3) is 0 Å². The summed E-state index contributed by atoms with van der Waals surface area (Å²) in [6.45, 7) is 0. The van der Waals surface area contributed by atoms with Crippen molar-refractivity contribution in [3.05, 3.63) is 47.7 Å². The highest BCUT2D eigenvalue weighted by Crippen LogP contribution is 2.31. The summed E-state index contributed by atoms with van der Waals surface area (Å²) in [6, 6.07) is 4.10. The van der Waals surface area contributed by atoms with Gasteiger partial charge in [-0.1, -0.05) is 47.8 Å². The fraction of sp³-hybridized carbons (Fsp3) is 0.100. The van der Waals surface area contributed by atoms with Crippen LogP contribution in [0, 0.1) is 0 Å². The van der Waals surface area contributed by atoms with Gasteiger partial charge in [0.1, 0.15) is 0 Å². The van der Waals surface area contributed by atoms with E-state index < -0.39 is 0 Å². The van der Waals surface area contributed by atoms with Crippen molar-refractivity contribution in [2.24, 2.45) is 0 Å². The van der Waals surface area contributed by atoms with Crippen LogP contribution in [0.1, 0.15) is 11.3 Å². The number of nitrogens with zero attached hydrogens (tertiary/aromatic N) is 1. The Balaban J connectivity index is 2.36. The zero-order valence-corrected chi connectivity index (χ0v) is 13.1. The fourth-order valence-electron chi connectivity index (χ4n) is 1.25. The van der Waals surface area contributed by atoms with E-state index in [2.05, 4.69) is 58.2 Å². The van der Waals surface area contributed by atoms with Crippen LogP contribution >= 0.6 is 59.1 Å². The SMILES string of the molecule is Brc1cc(Br)c(Cc2cscn2)c(Br)c1. The molecular weight excluding hydrogens is 406 g/mol. The lowest BCUT2D eigenvalue weighted by Crippen LogP contribution is -1.91. The van der Waals surface area contributed by atoms with Gasteiger partial charge in [-0.25, -0.2) is 4.98 Å². The molecule has 0 fully saturated rings. The number of aromatic nitrogens is 1. The Labute approximate surface area is 117 Å². The number of halogens is 3. The van der Waals surface area contributed by atoms with Crippen molar-refractivity contribution in [1.82, 2.24) is 4.98 Å². The van der Waals surface area contributed by atoms with Gasteiger partial charge in [0.15, 0.2) is 0 Å². The minimum Gasteiger partial charge on any atom is -0.249 e. The average Bonchev–Trinajstić information content (AvgIpc) is 2.63. The van der Waals surface area contributed by atoms with Gasteiger partial charge in [-0.05, 0) is 17.7 Å². The van der Waals surface area contributed by atoms with E-state index in [-0.39, 0.29) is 0 Å². The Bertz CT molecular complexity index is 445. The second kappa shape index (κ2) is 5.08. The van der Waals surface area contributed by atoms with Gasteiger partial charge < -0.3 is 0 Å². The van der Waals surface area contributed by atoms with Crippen LogP contribution in [0.2, 0.25) is 0 Å². The Morgan fingerprint density at radius 2 is 1.80 bits per heavy atom. The Morgan fingerprint density at radius 3 is 2.33 bits per heavy atom. The smallest absolute Gasteiger partial charge is 0.0794 e. The number of thiazole rings is 1. The van der Waals surface area contributed by atoms with Gasteiger partial charge in [0.05, 0.1) is 11.2 Å². The summed E-state index contributed by atoms with van der Waals surface area (Å²) in [5.74, 6) is 0. The number of hydrogen-bond donors (Lipinski definition) is 0. The summed E-state index contributed by atoms with van der Waals surface area (Å²) < 4.78 is 3.25. The summed E-state index contributed by atoms with van der Waals surface area (Å²) in [4.78, 5) is 4.28. The molecule has 0 aliphatic carbocycles. The molecule has 1 heterocycles. The van der Waals surface area contributed by atoms with Gasteiger partial charge in [-0.2, -0.15) is 0 Å². The number of hydrogen-bond acceptors (Lipinski definition) is 2. The Kier molecular flexibility index (Phi) is 3.98. The van der Waals surface area contributed by atoms with Gasteiger partial charge in [-0.3, -0.25) is 0 Å². The van der Waals surface area contributed by atoms with Crippen molar-refractivity contribution in [2.45, 2.75) is 6.42 Å². The van der Waals surface area contributed by atoms with Crippen molar-refractivity contribution in [3.8, 4) is 0 Å². The van der Waals surface area contributed by atoms with Gasteiger partial charge in [-0.15, -0.1) is 11.3 Å². The topological polar surface area (TPSA) is 12.9 Å². The molecule has 0 bridgehead atoms. The standard InChI is InChI=1S/C10H6Br3NS/c11-6-1-9(12)8(10(13)2-6)3-7-4-15-5-14-7/h1-2,4-5H,3H2. The van der Waals surface area contributed by atoms with E-state index in [0.29, 0.717) is 0 Å². The monoisotopic (exact) mass is 409 g/mol. The first-order chi connectivity index (χ1) is 7.16. The van der Waals surface area contributed by atoms with E-state index in [1.807, 2.05) is 17.6 Å². The predicted molar refractivity (Wildman–Crippen MR) is 74.5 cm³/mol. The zero-order chi connectivity index (χ0) is 10.8. The quantitative estimate of drug-likeness (QED) is 0.676. The minimum absolute atomic E-state index is 0.845. The van der Waals surface area contributed by atoms with Crippen LogP contribution in [0.3, 0.4) is 0 Å². The molecule has 0 spiro atoms. The summed E-state index contributed by atoms with van der Waals surface area (Å²) in [6.07, 6.45) is 0.845. The lowest BCUT2D eigenvalue weighted by molar-refractivity contribution is 1.09. The van der Waals surface area contributed by atoms with Crippen molar-refractivity contribution in [2.75, 3.05) is 0 Å². The third-order valence-corrected chi connectivity index (χ3v) is 4.46. The van der Waals surface area contributed by atoms with Crippen molar-refractivity contribution in [3.63, 3.8) is 0 Å².